The number of aliphatic imine (C=N–C) groups is 1. The lowest BCUT2D eigenvalue weighted by molar-refractivity contribution is 0.681. The Hall–Kier alpha value is -0.700. The lowest BCUT2D eigenvalue weighted by Gasteiger charge is -2.01. The van der Waals surface area contributed by atoms with Gasteiger partial charge in [-0.05, 0) is 29.7 Å². The normalized spacial score (nSPS) is 11.9. The summed E-state index contributed by atoms with van der Waals surface area (Å²) in [6.07, 6.45) is 4.32. The maximum absolute atomic E-state index is 5.90. The van der Waals surface area contributed by atoms with Gasteiger partial charge in [-0.25, -0.2) is 4.99 Å². The summed E-state index contributed by atoms with van der Waals surface area (Å²) < 4.78 is 0. The summed E-state index contributed by atoms with van der Waals surface area (Å²) in [6.45, 7) is 4.20. The molecule has 0 atom stereocenters. The van der Waals surface area contributed by atoms with Gasteiger partial charge in [0.05, 0.1) is 15.9 Å². The highest BCUT2D eigenvalue weighted by Crippen LogP contribution is 2.23. The number of hydrogen-bond acceptors (Lipinski definition) is 1. The molecule has 0 aliphatic carbocycles. The molecule has 1 rings (SSSR count). The Kier molecular flexibility index (Phi) is 8.08. The quantitative estimate of drug-likeness (QED) is 0.630. The third-order valence-corrected chi connectivity index (χ3v) is 2.81. The van der Waals surface area contributed by atoms with Crippen molar-refractivity contribution in [3.05, 3.63) is 40.0 Å². The van der Waals surface area contributed by atoms with E-state index in [1.807, 2.05) is 12.1 Å². The fraction of sp³-hybridized carbons (Fsp3) is 0.308. The van der Waals surface area contributed by atoms with Crippen molar-refractivity contribution in [1.29, 1.82) is 0 Å². The Morgan fingerprint density at radius 1 is 1.33 bits per heavy atom. The zero-order valence-corrected chi connectivity index (χ0v) is 12.7. The van der Waals surface area contributed by atoms with Crippen LogP contribution in [-0.2, 0) is 0 Å². The van der Waals surface area contributed by atoms with Crippen molar-refractivity contribution in [2.24, 2.45) is 16.6 Å². The standard InChI is InChI=1S/C13H16Cl2N2.ClH/c1-9(2)7-13(16)17-6-5-10-3-4-11(14)12(15)8-10;/h3-6,8-9H,7H2,1-2H3,(H2,16,17);1H/b6-5+;. The first-order chi connectivity index (χ1) is 7.99. The van der Waals surface area contributed by atoms with Gasteiger partial charge in [-0.2, -0.15) is 0 Å². The minimum Gasteiger partial charge on any atom is -0.387 e. The highest BCUT2D eigenvalue weighted by atomic mass is 35.5. The molecule has 0 heterocycles. The molecule has 0 bridgehead atoms. The molecule has 0 fully saturated rings. The van der Waals surface area contributed by atoms with E-state index in [0.717, 1.165) is 12.0 Å². The monoisotopic (exact) mass is 306 g/mol. The van der Waals surface area contributed by atoms with Crippen LogP contribution in [0.15, 0.2) is 29.4 Å². The average Bonchev–Trinajstić information content (AvgIpc) is 2.22. The lowest BCUT2D eigenvalue weighted by Crippen LogP contribution is -2.13. The predicted molar refractivity (Wildman–Crippen MR) is 83.8 cm³/mol. The van der Waals surface area contributed by atoms with Gasteiger partial charge in [0, 0.05) is 12.6 Å². The summed E-state index contributed by atoms with van der Waals surface area (Å²) in [6, 6.07) is 5.41. The average molecular weight is 308 g/mol. The number of rotatable bonds is 4. The molecule has 5 heteroatoms. The summed E-state index contributed by atoms with van der Waals surface area (Å²) in [5.41, 5.74) is 6.69. The molecular formula is C13H17Cl3N2. The van der Waals surface area contributed by atoms with E-state index < -0.39 is 0 Å². The van der Waals surface area contributed by atoms with Gasteiger partial charge in [-0.15, -0.1) is 12.4 Å². The zero-order valence-electron chi connectivity index (χ0n) is 10.4. The summed E-state index contributed by atoms with van der Waals surface area (Å²) in [5.74, 6) is 1.15. The molecule has 100 valence electrons. The zero-order chi connectivity index (χ0) is 12.8. The van der Waals surface area contributed by atoms with Crippen LogP contribution in [0.4, 0.5) is 0 Å². The van der Waals surface area contributed by atoms with Crippen LogP contribution in [0.25, 0.3) is 6.08 Å². The van der Waals surface area contributed by atoms with Crippen LogP contribution in [0.3, 0.4) is 0 Å². The fourth-order valence-electron chi connectivity index (χ4n) is 1.31. The first kappa shape index (κ1) is 17.3. The smallest absolute Gasteiger partial charge is 0.0991 e. The molecule has 18 heavy (non-hydrogen) atoms. The van der Waals surface area contributed by atoms with Gasteiger partial charge in [0.1, 0.15) is 0 Å². The van der Waals surface area contributed by atoms with Crippen molar-refractivity contribution < 1.29 is 0 Å². The molecule has 0 aromatic heterocycles. The van der Waals surface area contributed by atoms with Crippen LogP contribution >= 0.6 is 35.6 Å². The highest BCUT2D eigenvalue weighted by Gasteiger charge is 1.97. The first-order valence-corrected chi connectivity index (χ1v) is 6.18. The van der Waals surface area contributed by atoms with Crippen LogP contribution < -0.4 is 5.73 Å². The molecule has 0 spiro atoms. The van der Waals surface area contributed by atoms with Crippen molar-refractivity contribution in [2.45, 2.75) is 20.3 Å². The lowest BCUT2D eigenvalue weighted by atomic mass is 10.1. The van der Waals surface area contributed by atoms with Crippen molar-refractivity contribution in [3.63, 3.8) is 0 Å². The molecule has 0 aliphatic rings. The molecule has 2 N–H and O–H groups in total. The molecule has 0 saturated heterocycles. The van der Waals surface area contributed by atoms with Crippen molar-refractivity contribution in [2.75, 3.05) is 0 Å². The Morgan fingerprint density at radius 2 is 2.00 bits per heavy atom. The largest absolute Gasteiger partial charge is 0.387 e. The third-order valence-electron chi connectivity index (χ3n) is 2.07. The van der Waals surface area contributed by atoms with Crippen LogP contribution in [0.2, 0.25) is 10.0 Å². The SMILES string of the molecule is CC(C)CC(N)=N/C=C/c1ccc(Cl)c(Cl)c1.Cl. The van der Waals surface area contributed by atoms with Gasteiger partial charge in [0.15, 0.2) is 0 Å². The van der Waals surface area contributed by atoms with E-state index in [4.69, 9.17) is 28.9 Å². The number of halogens is 3. The van der Waals surface area contributed by atoms with Crippen LogP contribution in [0, 0.1) is 5.92 Å². The van der Waals surface area contributed by atoms with Crippen LogP contribution in [0.5, 0.6) is 0 Å². The first-order valence-electron chi connectivity index (χ1n) is 5.42. The topological polar surface area (TPSA) is 38.4 Å². The van der Waals surface area contributed by atoms with E-state index in [-0.39, 0.29) is 12.4 Å². The Bertz CT molecular complexity index is 440. The molecular weight excluding hydrogens is 291 g/mol. The maximum Gasteiger partial charge on any atom is 0.0991 e. The van der Waals surface area contributed by atoms with Gasteiger partial charge in [0.25, 0.3) is 0 Å². The van der Waals surface area contributed by atoms with E-state index in [2.05, 4.69) is 18.8 Å². The molecule has 0 saturated carbocycles. The van der Waals surface area contributed by atoms with Gasteiger partial charge >= 0.3 is 0 Å². The van der Waals surface area contributed by atoms with E-state index in [0.29, 0.717) is 21.8 Å². The second kappa shape index (κ2) is 8.41. The van der Waals surface area contributed by atoms with Crippen molar-refractivity contribution >= 4 is 47.5 Å². The molecule has 0 amide bonds. The summed E-state index contributed by atoms with van der Waals surface area (Å²) >= 11 is 11.7. The Morgan fingerprint density at radius 3 is 2.56 bits per heavy atom. The van der Waals surface area contributed by atoms with E-state index in [1.165, 1.54) is 0 Å². The molecule has 1 aromatic carbocycles. The molecule has 0 radical (unpaired) electrons. The Labute approximate surface area is 124 Å². The van der Waals surface area contributed by atoms with Gasteiger partial charge in [-0.1, -0.05) is 43.1 Å². The number of nitrogens with zero attached hydrogens (tertiary/aromatic N) is 1. The molecule has 1 aromatic rings. The second-order valence-corrected chi connectivity index (χ2v) is 5.02. The Balaban J connectivity index is 0.00000289. The van der Waals surface area contributed by atoms with E-state index in [9.17, 15) is 0 Å². The summed E-state index contributed by atoms with van der Waals surface area (Å²) in [4.78, 5) is 4.15. The second-order valence-electron chi connectivity index (χ2n) is 4.21. The minimum absolute atomic E-state index is 0. The van der Waals surface area contributed by atoms with Crippen LogP contribution in [-0.4, -0.2) is 5.84 Å². The molecule has 0 unspecified atom stereocenters. The number of hydrogen-bond donors (Lipinski definition) is 1. The van der Waals surface area contributed by atoms with E-state index >= 15 is 0 Å². The van der Waals surface area contributed by atoms with E-state index in [1.54, 1.807) is 18.3 Å². The number of amidine groups is 1. The third kappa shape index (κ3) is 6.29. The van der Waals surface area contributed by atoms with Gasteiger partial charge in [-0.3, -0.25) is 0 Å². The van der Waals surface area contributed by atoms with Crippen molar-refractivity contribution in [3.8, 4) is 0 Å². The fourth-order valence-corrected chi connectivity index (χ4v) is 1.61. The molecule has 2 nitrogen and oxygen atoms in total. The number of nitrogens with two attached hydrogens (primary N) is 1. The van der Waals surface area contributed by atoms with Crippen molar-refractivity contribution in [1.82, 2.24) is 0 Å². The maximum atomic E-state index is 5.90. The van der Waals surface area contributed by atoms with Gasteiger partial charge < -0.3 is 5.73 Å². The molecule has 0 aliphatic heterocycles. The van der Waals surface area contributed by atoms with Gasteiger partial charge in [0.2, 0.25) is 0 Å². The number of benzene rings is 1. The summed E-state index contributed by atoms with van der Waals surface area (Å²) in [7, 11) is 0. The highest BCUT2D eigenvalue weighted by molar-refractivity contribution is 6.42. The van der Waals surface area contributed by atoms with Crippen LogP contribution in [0.1, 0.15) is 25.8 Å². The summed E-state index contributed by atoms with van der Waals surface area (Å²) in [5, 5.41) is 1.08. The minimum atomic E-state index is 0. The predicted octanol–water partition coefficient (Wildman–Crippen LogP) is 4.79.